The number of rotatable bonds is 7. The normalized spacial score (nSPS) is 22.1. The Bertz CT molecular complexity index is 1230. The summed E-state index contributed by atoms with van der Waals surface area (Å²) in [4.78, 5) is 18.4. The zero-order chi connectivity index (χ0) is 24.9. The van der Waals surface area contributed by atoms with Crippen molar-refractivity contribution in [3.63, 3.8) is 0 Å². The fourth-order valence-corrected chi connectivity index (χ4v) is 5.36. The van der Waals surface area contributed by atoms with Crippen LogP contribution in [0.4, 0.5) is 11.7 Å². The van der Waals surface area contributed by atoms with Crippen LogP contribution in [0.25, 0.3) is 11.3 Å². The molecule has 36 heavy (non-hydrogen) atoms. The second-order valence-corrected chi connectivity index (χ2v) is 9.73. The molecule has 1 saturated carbocycles. The fraction of sp³-hybridized carbons (Fsp3) is 0.393. The number of aromatic nitrogens is 1. The molecule has 1 aliphatic heterocycles. The van der Waals surface area contributed by atoms with Gasteiger partial charge in [-0.05, 0) is 62.1 Å². The molecule has 5 rings (SSSR count). The monoisotopic (exact) mass is 484 g/mol. The highest BCUT2D eigenvalue weighted by Gasteiger charge is 2.30. The molecule has 8 nitrogen and oxygen atoms in total. The average Bonchev–Trinajstić information content (AvgIpc) is 3.39. The number of carbonyl (C=O) groups is 1. The van der Waals surface area contributed by atoms with Crippen LogP contribution in [0, 0.1) is 11.3 Å². The van der Waals surface area contributed by atoms with E-state index < -0.39 is 5.91 Å². The summed E-state index contributed by atoms with van der Waals surface area (Å²) >= 11 is 0. The molecule has 2 fully saturated rings. The van der Waals surface area contributed by atoms with Crippen molar-refractivity contribution in [1.82, 2.24) is 10.3 Å². The lowest BCUT2D eigenvalue weighted by atomic mass is 9.89. The van der Waals surface area contributed by atoms with Gasteiger partial charge >= 0.3 is 0 Å². The zero-order valence-corrected chi connectivity index (χ0v) is 20.3. The summed E-state index contributed by atoms with van der Waals surface area (Å²) in [5, 5.41) is 16.5. The van der Waals surface area contributed by atoms with Crippen LogP contribution in [-0.4, -0.2) is 42.1 Å². The number of hydrogen-bond donors (Lipinski definition) is 3. The molecule has 3 atom stereocenters. The number of nitrogens with one attached hydrogen (secondary N) is 2. The van der Waals surface area contributed by atoms with Crippen molar-refractivity contribution >= 4 is 17.6 Å². The van der Waals surface area contributed by atoms with E-state index in [1.54, 1.807) is 24.4 Å². The molecule has 2 aromatic carbocycles. The summed E-state index contributed by atoms with van der Waals surface area (Å²) in [7, 11) is 0. The number of carbonyl (C=O) groups excluding carboxylic acids is 1. The molecule has 2 heterocycles. The minimum atomic E-state index is -0.466. The van der Waals surface area contributed by atoms with Crippen molar-refractivity contribution in [3.05, 3.63) is 65.9 Å². The number of nitriles is 1. The predicted molar refractivity (Wildman–Crippen MR) is 140 cm³/mol. The van der Waals surface area contributed by atoms with Crippen molar-refractivity contribution in [2.24, 2.45) is 5.73 Å². The Morgan fingerprint density at radius 2 is 1.89 bits per heavy atom. The Morgan fingerprint density at radius 3 is 2.67 bits per heavy atom. The first kappa shape index (κ1) is 23.9. The molecule has 4 N–H and O–H groups in total. The number of nitrogens with zero attached hydrogens (tertiary/aromatic N) is 3. The number of primary amides is 1. The molecule has 1 aliphatic carbocycles. The summed E-state index contributed by atoms with van der Waals surface area (Å²) < 4.78 is 6.01. The van der Waals surface area contributed by atoms with Gasteiger partial charge in [0, 0.05) is 48.0 Å². The molecule has 1 saturated heterocycles. The molecule has 3 aromatic rings. The third-order valence-electron chi connectivity index (χ3n) is 7.24. The van der Waals surface area contributed by atoms with E-state index in [4.69, 9.17) is 15.4 Å². The molecule has 0 radical (unpaired) electrons. The number of nitrogens with two attached hydrogens (primary N) is 1. The van der Waals surface area contributed by atoms with Crippen molar-refractivity contribution < 1.29 is 9.21 Å². The van der Waals surface area contributed by atoms with Crippen molar-refractivity contribution in [3.8, 4) is 17.4 Å². The van der Waals surface area contributed by atoms with Crippen molar-refractivity contribution in [2.45, 2.75) is 56.7 Å². The zero-order valence-electron chi connectivity index (χ0n) is 20.3. The van der Waals surface area contributed by atoms with Crippen LogP contribution in [0.2, 0.25) is 0 Å². The van der Waals surface area contributed by atoms with E-state index in [-0.39, 0.29) is 6.04 Å². The first-order valence-corrected chi connectivity index (χ1v) is 12.7. The highest BCUT2D eigenvalue weighted by atomic mass is 16.4. The molecule has 1 aromatic heterocycles. The number of hydrogen-bond acceptors (Lipinski definition) is 7. The number of piperidine rings is 1. The number of anilines is 2. The first-order chi connectivity index (χ1) is 17.6. The van der Waals surface area contributed by atoms with Gasteiger partial charge in [0.15, 0.2) is 5.76 Å². The van der Waals surface area contributed by atoms with E-state index in [9.17, 15) is 4.79 Å². The van der Waals surface area contributed by atoms with Crippen LogP contribution in [0.1, 0.15) is 54.4 Å². The topological polar surface area (TPSA) is 120 Å². The van der Waals surface area contributed by atoms with Gasteiger partial charge in [0.05, 0.1) is 17.8 Å². The smallest absolute Gasteiger partial charge is 0.295 e. The van der Waals surface area contributed by atoms with Crippen LogP contribution in [0.3, 0.4) is 0 Å². The SMILES string of the molecule is N#Cc1ccc(N2CCC[C@H](N[C@@H]3CCCC[C@H]3Nc3ncc(-c4cccc(C(N)=O)c4)o3)C2)cc1. The van der Waals surface area contributed by atoms with Gasteiger partial charge < -0.3 is 25.7 Å². The molecular weight excluding hydrogens is 452 g/mol. The van der Waals surface area contributed by atoms with E-state index >= 15 is 0 Å². The Hall–Kier alpha value is -3.83. The molecule has 0 spiro atoms. The van der Waals surface area contributed by atoms with Crippen LogP contribution in [0.15, 0.2) is 59.1 Å². The minimum absolute atomic E-state index is 0.229. The van der Waals surface area contributed by atoms with Gasteiger partial charge in [0.25, 0.3) is 6.01 Å². The molecule has 0 unspecified atom stereocenters. The summed E-state index contributed by atoms with van der Waals surface area (Å²) in [6.45, 7) is 1.99. The molecular formula is C28H32N6O2. The third-order valence-corrected chi connectivity index (χ3v) is 7.24. The lowest BCUT2D eigenvalue weighted by Gasteiger charge is -2.40. The minimum Gasteiger partial charge on any atom is -0.424 e. The first-order valence-electron chi connectivity index (χ1n) is 12.7. The van der Waals surface area contributed by atoms with Gasteiger partial charge in [-0.2, -0.15) is 5.26 Å². The van der Waals surface area contributed by atoms with E-state index in [1.807, 2.05) is 30.3 Å². The van der Waals surface area contributed by atoms with E-state index in [0.29, 0.717) is 35.0 Å². The second-order valence-electron chi connectivity index (χ2n) is 9.73. The molecule has 0 bridgehead atoms. The van der Waals surface area contributed by atoms with Crippen LogP contribution >= 0.6 is 0 Å². The maximum Gasteiger partial charge on any atom is 0.295 e. The van der Waals surface area contributed by atoms with Crippen molar-refractivity contribution in [1.29, 1.82) is 5.26 Å². The lowest BCUT2D eigenvalue weighted by molar-refractivity contribution is 0.100. The van der Waals surface area contributed by atoms with Gasteiger partial charge in [-0.25, -0.2) is 4.98 Å². The van der Waals surface area contributed by atoms with Crippen molar-refractivity contribution in [2.75, 3.05) is 23.3 Å². The Labute approximate surface area is 211 Å². The molecule has 8 heteroatoms. The van der Waals surface area contributed by atoms with E-state index in [1.165, 1.54) is 18.5 Å². The van der Waals surface area contributed by atoms with Crippen LogP contribution < -0.4 is 21.3 Å². The Morgan fingerprint density at radius 1 is 1.08 bits per heavy atom. The van der Waals surface area contributed by atoms with E-state index in [0.717, 1.165) is 44.3 Å². The summed E-state index contributed by atoms with van der Waals surface area (Å²) in [5.74, 6) is 0.137. The Kier molecular flexibility index (Phi) is 7.19. The predicted octanol–water partition coefficient (Wildman–Crippen LogP) is 4.29. The van der Waals surface area contributed by atoms with Crippen LogP contribution in [-0.2, 0) is 0 Å². The Balaban J connectivity index is 1.23. The summed E-state index contributed by atoms with van der Waals surface area (Å²) in [6.07, 6.45) is 8.51. The standard InChI is InChI=1S/C28H32N6O2/c29-16-19-10-12-23(13-11-19)34-14-4-7-22(18-34)32-24-8-1-2-9-25(24)33-28-31-17-26(36-28)20-5-3-6-21(15-20)27(30)35/h3,5-6,10-13,15,17,22,24-25,32H,1-2,4,7-9,14,18H2,(H2,30,35)(H,31,33)/t22-,24+,25+/m0/s1. The maximum atomic E-state index is 11.5. The highest BCUT2D eigenvalue weighted by Crippen LogP contribution is 2.28. The number of oxazole rings is 1. The fourth-order valence-electron chi connectivity index (χ4n) is 5.36. The second kappa shape index (κ2) is 10.8. The average molecular weight is 485 g/mol. The maximum absolute atomic E-state index is 11.5. The highest BCUT2D eigenvalue weighted by molar-refractivity contribution is 5.93. The van der Waals surface area contributed by atoms with Gasteiger partial charge in [0.1, 0.15) is 0 Å². The summed E-state index contributed by atoms with van der Waals surface area (Å²) in [5.41, 5.74) is 8.50. The third kappa shape index (κ3) is 5.52. The van der Waals surface area contributed by atoms with Gasteiger partial charge in [-0.3, -0.25) is 4.79 Å². The quantitative estimate of drug-likeness (QED) is 0.457. The molecule has 186 valence electrons. The van der Waals surface area contributed by atoms with Gasteiger partial charge in [-0.1, -0.05) is 25.0 Å². The largest absolute Gasteiger partial charge is 0.424 e. The van der Waals surface area contributed by atoms with Gasteiger partial charge in [0.2, 0.25) is 5.91 Å². The molecule has 1 amide bonds. The number of benzene rings is 2. The number of amides is 1. The van der Waals surface area contributed by atoms with Gasteiger partial charge in [-0.15, -0.1) is 0 Å². The summed E-state index contributed by atoms with van der Waals surface area (Å²) in [6, 6.07) is 18.6. The van der Waals surface area contributed by atoms with E-state index in [2.05, 4.69) is 26.6 Å². The van der Waals surface area contributed by atoms with Crippen LogP contribution in [0.5, 0.6) is 0 Å². The molecule has 2 aliphatic rings. The lowest BCUT2D eigenvalue weighted by Crippen LogP contribution is -2.54.